The summed E-state index contributed by atoms with van der Waals surface area (Å²) >= 11 is 0. The van der Waals surface area contributed by atoms with Crippen LogP contribution in [0.3, 0.4) is 0 Å². The van der Waals surface area contributed by atoms with Crippen molar-refractivity contribution in [1.82, 2.24) is 0 Å². The maximum absolute atomic E-state index is 10.9. The van der Waals surface area contributed by atoms with Gasteiger partial charge in [-0.1, -0.05) is 0 Å². The summed E-state index contributed by atoms with van der Waals surface area (Å²) in [6.45, 7) is 0.547. The van der Waals surface area contributed by atoms with Crippen LogP contribution in [0.5, 0.6) is 23.0 Å². The predicted molar refractivity (Wildman–Crippen MR) is 79.1 cm³/mol. The molecule has 0 bridgehead atoms. The first-order valence-electron chi connectivity index (χ1n) is 6.56. The molecule has 0 spiro atoms. The van der Waals surface area contributed by atoms with Crippen LogP contribution in [-0.4, -0.2) is 36.5 Å². The van der Waals surface area contributed by atoms with E-state index < -0.39 is 5.97 Å². The molecule has 2 aromatic rings. The van der Waals surface area contributed by atoms with Crippen molar-refractivity contribution in [1.29, 1.82) is 0 Å². The molecule has 0 radical (unpaired) electrons. The fourth-order valence-electron chi connectivity index (χ4n) is 1.77. The van der Waals surface area contributed by atoms with Gasteiger partial charge in [0.1, 0.15) is 41.8 Å². The number of phenols is 1. The number of aromatic hydroxyl groups is 1. The summed E-state index contributed by atoms with van der Waals surface area (Å²) in [5.74, 6) is 0.274. The summed E-state index contributed by atoms with van der Waals surface area (Å²) in [4.78, 5) is 10.9. The average molecular weight is 370 g/mol. The summed E-state index contributed by atoms with van der Waals surface area (Å²) in [6, 6.07) is 11.2. The van der Waals surface area contributed by atoms with Crippen molar-refractivity contribution in [3.8, 4) is 23.0 Å². The Morgan fingerprint density at radius 1 is 0.957 bits per heavy atom. The zero-order valence-corrected chi connectivity index (χ0v) is 15.7. The number of ether oxygens (including phenoxy) is 3. The summed E-state index contributed by atoms with van der Waals surface area (Å²) in [5, 5.41) is 18.3. The maximum atomic E-state index is 10.9. The van der Waals surface area contributed by atoms with Gasteiger partial charge >= 0.3 is 5.97 Å². The second-order valence-corrected chi connectivity index (χ2v) is 4.36. The Morgan fingerprint density at radius 2 is 1.48 bits per heavy atom. The van der Waals surface area contributed by atoms with Crippen LogP contribution in [0, 0.1) is 0 Å². The van der Waals surface area contributed by atoms with Gasteiger partial charge in [0.25, 0.3) is 0 Å². The molecule has 118 valence electrons. The summed E-state index contributed by atoms with van der Waals surface area (Å²) < 4.78 is 15.9. The monoisotopic (exact) mass is 368 g/mol. The number of carboxylic acids is 1. The van der Waals surface area contributed by atoms with Crippen LogP contribution in [0.25, 0.3) is 0 Å². The molecular formula is C16H16O6Zn. The SMILES string of the molecule is COc1ccc(OCCOc2ccc(O)c(C(=O)O)c2)cc1.[Zn]. The Bertz CT molecular complexity index is 642. The van der Waals surface area contributed by atoms with E-state index in [2.05, 4.69) is 0 Å². The Hall–Kier alpha value is -2.27. The van der Waals surface area contributed by atoms with Crippen molar-refractivity contribution in [2.24, 2.45) is 0 Å². The number of carbonyl (C=O) groups is 1. The Balaban J connectivity index is 0.00000264. The second kappa shape index (κ2) is 9.00. The first kappa shape index (κ1) is 18.8. The third-order valence-corrected chi connectivity index (χ3v) is 2.88. The molecule has 23 heavy (non-hydrogen) atoms. The van der Waals surface area contributed by atoms with Crippen LogP contribution < -0.4 is 14.2 Å². The largest absolute Gasteiger partial charge is 0.507 e. The molecule has 2 aromatic carbocycles. The van der Waals surface area contributed by atoms with Crippen LogP contribution in [0.4, 0.5) is 0 Å². The predicted octanol–water partition coefficient (Wildman–Crippen LogP) is 2.55. The van der Waals surface area contributed by atoms with Gasteiger partial charge in [-0.3, -0.25) is 0 Å². The van der Waals surface area contributed by atoms with Crippen molar-refractivity contribution in [2.75, 3.05) is 20.3 Å². The number of rotatable bonds is 7. The minimum absolute atomic E-state index is 0. The van der Waals surface area contributed by atoms with E-state index in [0.717, 1.165) is 5.75 Å². The Labute approximate surface area is 146 Å². The third-order valence-electron chi connectivity index (χ3n) is 2.88. The number of benzene rings is 2. The van der Waals surface area contributed by atoms with E-state index in [0.29, 0.717) is 18.1 Å². The van der Waals surface area contributed by atoms with E-state index in [-0.39, 0.29) is 37.4 Å². The van der Waals surface area contributed by atoms with Gasteiger partial charge in [-0.2, -0.15) is 0 Å². The van der Waals surface area contributed by atoms with Crippen molar-refractivity contribution >= 4 is 5.97 Å². The molecule has 0 aliphatic heterocycles. The molecule has 2 rings (SSSR count). The average Bonchev–Trinajstić information content (AvgIpc) is 2.53. The van der Waals surface area contributed by atoms with E-state index in [9.17, 15) is 9.90 Å². The third kappa shape index (κ3) is 5.45. The first-order valence-corrected chi connectivity index (χ1v) is 6.56. The topological polar surface area (TPSA) is 85.2 Å². The fourth-order valence-corrected chi connectivity index (χ4v) is 1.77. The molecule has 0 saturated carbocycles. The number of aromatic carboxylic acids is 1. The number of carboxylic acid groups (broad SMARTS) is 1. The molecule has 0 atom stereocenters. The van der Waals surface area contributed by atoms with Gasteiger partial charge in [0.2, 0.25) is 0 Å². The van der Waals surface area contributed by atoms with E-state index in [1.807, 2.05) is 0 Å². The molecule has 0 aliphatic carbocycles. The molecule has 0 aliphatic rings. The van der Waals surface area contributed by atoms with Gasteiger partial charge in [0, 0.05) is 19.5 Å². The number of methoxy groups -OCH3 is 1. The zero-order valence-electron chi connectivity index (χ0n) is 12.7. The van der Waals surface area contributed by atoms with Crippen LogP contribution in [0.15, 0.2) is 42.5 Å². The zero-order chi connectivity index (χ0) is 15.9. The van der Waals surface area contributed by atoms with Crippen molar-refractivity contribution in [3.63, 3.8) is 0 Å². The van der Waals surface area contributed by atoms with E-state index in [1.165, 1.54) is 18.2 Å². The fraction of sp³-hybridized carbons (Fsp3) is 0.188. The molecule has 2 N–H and O–H groups in total. The second-order valence-electron chi connectivity index (χ2n) is 4.36. The molecule has 0 unspecified atom stereocenters. The van der Waals surface area contributed by atoms with Crippen LogP contribution >= 0.6 is 0 Å². The number of hydrogen-bond donors (Lipinski definition) is 2. The summed E-state index contributed by atoms with van der Waals surface area (Å²) in [6.07, 6.45) is 0. The Kier molecular flexibility index (Phi) is 7.35. The molecule has 7 heteroatoms. The molecule has 0 saturated heterocycles. The van der Waals surface area contributed by atoms with Crippen molar-refractivity contribution in [3.05, 3.63) is 48.0 Å². The Morgan fingerprint density at radius 3 is 2.04 bits per heavy atom. The van der Waals surface area contributed by atoms with Crippen LogP contribution in [0.2, 0.25) is 0 Å². The summed E-state index contributed by atoms with van der Waals surface area (Å²) in [5.41, 5.74) is -0.200. The molecule has 0 amide bonds. The van der Waals surface area contributed by atoms with E-state index >= 15 is 0 Å². The first-order chi connectivity index (χ1) is 10.6. The quantitative estimate of drug-likeness (QED) is 0.576. The van der Waals surface area contributed by atoms with Crippen molar-refractivity contribution in [2.45, 2.75) is 0 Å². The van der Waals surface area contributed by atoms with Gasteiger partial charge < -0.3 is 24.4 Å². The van der Waals surface area contributed by atoms with Gasteiger partial charge in [-0.25, -0.2) is 4.79 Å². The molecule has 6 nitrogen and oxygen atoms in total. The molecule has 0 heterocycles. The smallest absolute Gasteiger partial charge is 0.339 e. The molecule has 0 aromatic heterocycles. The van der Waals surface area contributed by atoms with Gasteiger partial charge in [0.15, 0.2) is 0 Å². The summed E-state index contributed by atoms with van der Waals surface area (Å²) in [7, 11) is 1.59. The van der Waals surface area contributed by atoms with E-state index in [1.54, 1.807) is 31.4 Å². The van der Waals surface area contributed by atoms with Gasteiger partial charge in [0.05, 0.1) is 7.11 Å². The van der Waals surface area contributed by atoms with Crippen LogP contribution in [-0.2, 0) is 19.5 Å². The normalized spacial score (nSPS) is 9.61. The molecule has 0 fully saturated rings. The minimum atomic E-state index is -1.21. The van der Waals surface area contributed by atoms with Crippen molar-refractivity contribution < 1.29 is 48.7 Å². The minimum Gasteiger partial charge on any atom is -0.507 e. The molecular weight excluding hydrogens is 354 g/mol. The van der Waals surface area contributed by atoms with Crippen LogP contribution in [0.1, 0.15) is 10.4 Å². The van der Waals surface area contributed by atoms with Gasteiger partial charge in [-0.05, 0) is 42.5 Å². The number of hydrogen-bond acceptors (Lipinski definition) is 5. The van der Waals surface area contributed by atoms with Gasteiger partial charge in [-0.15, -0.1) is 0 Å². The van der Waals surface area contributed by atoms with E-state index in [4.69, 9.17) is 19.3 Å². The maximum Gasteiger partial charge on any atom is 0.339 e. The standard InChI is InChI=1S/C16H16O6.Zn/c1-20-11-2-4-12(5-3-11)21-8-9-22-13-6-7-15(17)14(10-13)16(18)19;/h2-7,10,17H,8-9H2,1H3,(H,18,19);.